The summed E-state index contributed by atoms with van der Waals surface area (Å²) in [4.78, 5) is 10.7. The number of methoxy groups -OCH3 is 2. The van der Waals surface area contributed by atoms with Crippen LogP contribution in [0.4, 0.5) is 0 Å². The van der Waals surface area contributed by atoms with Crippen molar-refractivity contribution in [3.8, 4) is 0 Å². The van der Waals surface area contributed by atoms with Crippen LogP contribution in [0.1, 0.15) is 19.3 Å². The first-order chi connectivity index (χ1) is 8.24. The molecule has 0 heterocycles. The molecule has 0 N–H and O–H groups in total. The molecule has 0 spiro atoms. The Morgan fingerprint density at radius 1 is 1.29 bits per heavy atom. The van der Waals surface area contributed by atoms with Gasteiger partial charge in [-0.2, -0.15) is 0 Å². The molecule has 100 valence electrons. The average molecular weight is 260 g/mol. The van der Waals surface area contributed by atoms with Crippen LogP contribution in [0.15, 0.2) is 12.7 Å². The van der Waals surface area contributed by atoms with Crippen LogP contribution in [0.5, 0.6) is 0 Å². The molecule has 0 bridgehead atoms. The van der Waals surface area contributed by atoms with Gasteiger partial charge in [-0.25, -0.2) is 4.79 Å². The number of hydrogen-bond donors (Lipinski definition) is 0. The summed E-state index contributed by atoms with van der Waals surface area (Å²) in [5, 5.41) is 0. The summed E-state index contributed by atoms with van der Waals surface area (Å²) >= 11 is 0. The fourth-order valence-corrected chi connectivity index (χ4v) is 3.31. The molecule has 0 saturated carbocycles. The Morgan fingerprint density at radius 2 is 2.00 bits per heavy atom. The van der Waals surface area contributed by atoms with Crippen LogP contribution >= 0.6 is 0 Å². The predicted molar refractivity (Wildman–Crippen MR) is 71.0 cm³/mol. The molecule has 17 heavy (non-hydrogen) atoms. The molecule has 0 aliphatic rings. The van der Waals surface area contributed by atoms with E-state index in [1.807, 2.05) is 0 Å². The molecular formula is C12H24O4Si. The van der Waals surface area contributed by atoms with Crippen LogP contribution in [-0.2, 0) is 19.0 Å². The van der Waals surface area contributed by atoms with Gasteiger partial charge in [-0.05, 0) is 12.5 Å². The predicted octanol–water partition coefficient (Wildman–Crippen LogP) is 1.51. The van der Waals surface area contributed by atoms with Crippen molar-refractivity contribution >= 4 is 15.5 Å². The van der Waals surface area contributed by atoms with Crippen molar-refractivity contribution in [2.75, 3.05) is 20.8 Å². The van der Waals surface area contributed by atoms with E-state index in [1.165, 1.54) is 18.5 Å². The van der Waals surface area contributed by atoms with E-state index in [0.717, 1.165) is 18.9 Å². The molecule has 0 radical (unpaired) electrons. The second kappa shape index (κ2) is 11.8. The molecule has 5 heteroatoms. The van der Waals surface area contributed by atoms with Crippen molar-refractivity contribution < 1.29 is 19.0 Å². The van der Waals surface area contributed by atoms with Crippen LogP contribution in [-0.4, -0.2) is 42.6 Å². The highest BCUT2D eigenvalue weighted by molar-refractivity contribution is 6.35. The van der Waals surface area contributed by atoms with Crippen molar-refractivity contribution in [1.82, 2.24) is 0 Å². The lowest BCUT2D eigenvalue weighted by atomic mass is 10.3. The highest BCUT2D eigenvalue weighted by Gasteiger charge is 2.04. The summed E-state index contributed by atoms with van der Waals surface area (Å²) in [6, 6.07) is 2.36. The maximum Gasteiger partial charge on any atom is 0.330 e. The lowest BCUT2D eigenvalue weighted by Crippen LogP contribution is -2.14. The fourth-order valence-electron chi connectivity index (χ4n) is 1.51. The second-order valence-corrected chi connectivity index (χ2v) is 5.82. The fraction of sp³-hybridized carbons (Fsp3) is 0.750. The first-order valence-electron chi connectivity index (χ1n) is 6.09. The summed E-state index contributed by atoms with van der Waals surface area (Å²) < 4.78 is 15.1. The van der Waals surface area contributed by atoms with Crippen molar-refractivity contribution in [3.63, 3.8) is 0 Å². The molecule has 0 atom stereocenters. The van der Waals surface area contributed by atoms with E-state index in [9.17, 15) is 4.79 Å². The Hall–Kier alpha value is -0.653. The molecule has 0 aromatic carbocycles. The van der Waals surface area contributed by atoms with Crippen molar-refractivity contribution in [2.24, 2.45) is 0 Å². The minimum atomic E-state index is -0.331. The number of unbranched alkanes of at least 4 members (excludes halogenated alkanes) is 2. The molecule has 0 amide bonds. The van der Waals surface area contributed by atoms with Crippen LogP contribution in [0.3, 0.4) is 0 Å². The van der Waals surface area contributed by atoms with E-state index in [2.05, 4.69) is 6.58 Å². The van der Waals surface area contributed by atoms with Crippen LogP contribution in [0.2, 0.25) is 12.1 Å². The maximum absolute atomic E-state index is 10.7. The van der Waals surface area contributed by atoms with Crippen molar-refractivity contribution in [3.05, 3.63) is 12.7 Å². The molecule has 4 nitrogen and oxygen atoms in total. The Morgan fingerprint density at radius 3 is 2.59 bits per heavy atom. The first-order valence-corrected chi connectivity index (χ1v) is 8.09. The smallest absolute Gasteiger partial charge is 0.330 e. The van der Waals surface area contributed by atoms with Gasteiger partial charge in [0.1, 0.15) is 0 Å². The van der Waals surface area contributed by atoms with E-state index in [-0.39, 0.29) is 21.8 Å². The summed E-state index contributed by atoms with van der Waals surface area (Å²) in [5.41, 5.74) is 0. The van der Waals surface area contributed by atoms with E-state index in [1.54, 1.807) is 14.2 Å². The van der Waals surface area contributed by atoms with E-state index in [4.69, 9.17) is 14.2 Å². The minimum Gasteiger partial charge on any atom is -0.463 e. The monoisotopic (exact) mass is 260 g/mol. The average Bonchev–Trinajstić information content (AvgIpc) is 2.36. The zero-order chi connectivity index (χ0) is 12.9. The van der Waals surface area contributed by atoms with Gasteiger partial charge >= 0.3 is 5.97 Å². The first kappa shape index (κ1) is 16.3. The lowest BCUT2D eigenvalue weighted by molar-refractivity contribution is -0.137. The number of ether oxygens (including phenoxy) is 3. The van der Waals surface area contributed by atoms with Crippen molar-refractivity contribution in [2.45, 2.75) is 37.6 Å². The zero-order valence-electron chi connectivity index (χ0n) is 10.9. The summed E-state index contributed by atoms with van der Waals surface area (Å²) in [6.45, 7) is 3.85. The van der Waals surface area contributed by atoms with Gasteiger partial charge in [0.2, 0.25) is 0 Å². The summed E-state index contributed by atoms with van der Waals surface area (Å²) in [7, 11) is 3.27. The number of carbonyl (C=O) groups is 1. The third-order valence-corrected chi connectivity index (χ3v) is 4.40. The summed E-state index contributed by atoms with van der Waals surface area (Å²) in [5.74, 6) is -0.331. The Kier molecular flexibility index (Phi) is 11.4. The Bertz CT molecular complexity index is 205. The third-order valence-electron chi connectivity index (χ3n) is 2.52. The molecule has 0 unspecified atom stereocenters. The van der Waals surface area contributed by atoms with E-state index >= 15 is 0 Å². The zero-order valence-corrected chi connectivity index (χ0v) is 12.4. The van der Waals surface area contributed by atoms with E-state index < -0.39 is 0 Å². The Labute approximate surface area is 106 Å². The standard InChI is InChI=1S/C12H24O4Si/c1-4-11(13)16-8-6-5-7-9-17-10-12(14-2)15-3/h4,12H,1,5-10,17H2,2-3H3. The van der Waals surface area contributed by atoms with Gasteiger partial charge in [-0.1, -0.05) is 25.5 Å². The SMILES string of the molecule is C=CC(=O)OCCCCC[SiH2]CC(OC)OC. The molecule has 0 aromatic heterocycles. The molecule has 0 rings (SSSR count). The number of rotatable bonds is 11. The minimum absolute atomic E-state index is 0.0183. The highest BCUT2D eigenvalue weighted by atomic mass is 28.2. The summed E-state index contributed by atoms with van der Waals surface area (Å²) in [6.07, 6.45) is 4.43. The topological polar surface area (TPSA) is 44.8 Å². The van der Waals surface area contributed by atoms with Crippen LogP contribution < -0.4 is 0 Å². The molecule has 0 fully saturated rings. The van der Waals surface area contributed by atoms with Gasteiger partial charge in [0.05, 0.1) is 6.61 Å². The van der Waals surface area contributed by atoms with Gasteiger partial charge in [-0.15, -0.1) is 0 Å². The Balaban J connectivity index is 3.18. The molecule has 0 saturated heterocycles. The largest absolute Gasteiger partial charge is 0.463 e. The van der Waals surface area contributed by atoms with Crippen molar-refractivity contribution in [1.29, 1.82) is 0 Å². The van der Waals surface area contributed by atoms with Crippen LogP contribution in [0, 0.1) is 0 Å². The maximum atomic E-state index is 10.7. The van der Waals surface area contributed by atoms with Gasteiger partial charge in [0.25, 0.3) is 0 Å². The highest BCUT2D eigenvalue weighted by Crippen LogP contribution is 2.05. The normalized spacial score (nSPS) is 11.2. The van der Waals surface area contributed by atoms with Gasteiger partial charge in [0.15, 0.2) is 6.29 Å². The van der Waals surface area contributed by atoms with Gasteiger partial charge < -0.3 is 14.2 Å². The number of carbonyl (C=O) groups excluding carboxylic acids is 1. The van der Waals surface area contributed by atoms with E-state index in [0.29, 0.717) is 6.61 Å². The molecule has 0 aliphatic heterocycles. The molecule has 0 aliphatic carbocycles. The van der Waals surface area contributed by atoms with Gasteiger partial charge in [-0.3, -0.25) is 0 Å². The van der Waals surface area contributed by atoms with Gasteiger partial charge in [0, 0.05) is 29.8 Å². The lowest BCUT2D eigenvalue weighted by Gasteiger charge is -2.12. The molecular weight excluding hydrogens is 236 g/mol. The molecule has 0 aromatic rings. The quantitative estimate of drug-likeness (QED) is 0.186. The number of hydrogen-bond acceptors (Lipinski definition) is 4. The second-order valence-electron chi connectivity index (χ2n) is 3.83. The number of esters is 1. The third kappa shape index (κ3) is 10.2. The van der Waals surface area contributed by atoms with Crippen LogP contribution in [0.25, 0.3) is 0 Å².